The summed E-state index contributed by atoms with van der Waals surface area (Å²) in [6, 6.07) is 1.88. The van der Waals surface area contributed by atoms with Gasteiger partial charge in [-0.25, -0.2) is 0 Å². The first-order valence-electron chi connectivity index (χ1n) is 7.67. The van der Waals surface area contributed by atoms with E-state index in [2.05, 4.69) is 39.3 Å². The third-order valence-corrected chi connectivity index (χ3v) is 3.48. The number of anilines is 3. The first-order chi connectivity index (χ1) is 10.2. The van der Waals surface area contributed by atoms with Crippen LogP contribution in [0.3, 0.4) is 0 Å². The van der Waals surface area contributed by atoms with Crippen LogP contribution in [0.2, 0.25) is 0 Å². The molecule has 0 radical (unpaired) electrons. The second-order valence-electron chi connectivity index (χ2n) is 5.19. The predicted octanol–water partition coefficient (Wildman–Crippen LogP) is 1.01. The van der Waals surface area contributed by atoms with Crippen molar-refractivity contribution in [2.45, 2.75) is 26.4 Å². The Labute approximate surface area is 126 Å². The van der Waals surface area contributed by atoms with Gasteiger partial charge in [0.2, 0.25) is 5.95 Å². The van der Waals surface area contributed by atoms with Crippen molar-refractivity contribution in [3.8, 4) is 0 Å². The van der Waals surface area contributed by atoms with Crippen molar-refractivity contribution in [2.75, 3.05) is 55.7 Å². The lowest BCUT2D eigenvalue weighted by Gasteiger charge is -2.32. The lowest BCUT2D eigenvalue weighted by Crippen LogP contribution is -2.45. The molecule has 0 bridgehead atoms. The molecule has 7 heteroatoms. The summed E-state index contributed by atoms with van der Waals surface area (Å²) < 4.78 is 5.76. The van der Waals surface area contributed by atoms with Gasteiger partial charge in [-0.3, -0.25) is 4.90 Å². The molecule has 4 N–H and O–H groups in total. The third-order valence-electron chi connectivity index (χ3n) is 3.48. The number of likely N-dealkylation sites (N-methyl/N-ethyl adjacent to an activating group) is 1. The quantitative estimate of drug-likeness (QED) is 0.691. The molecule has 7 nitrogen and oxygen atoms in total. The van der Waals surface area contributed by atoms with Gasteiger partial charge >= 0.3 is 0 Å². The normalized spacial score (nSPS) is 19.4. The van der Waals surface area contributed by atoms with Gasteiger partial charge in [0.1, 0.15) is 11.6 Å². The van der Waals surface area contributed by atoms with Crippen LogP contribution in [0, 0.1) is 0 Å². The summed E-state index contributed by atoms with van der Waals surface area (Å²) in [7, 11) is 0. The fourth-order valence-corrected chi connectivity index (χ4v) is 2.31. The maximum atomic E-state index is 5.76. The van der Waals surface area contributed by atoms with E-state index in [4.69, 9.17) is 10.5 Å². The highest BCUT2D eigenvalue weighted by atomic mass is 16.5. The van der Waals surface area contributed by atoms with E-state index < -0.39 is 0 Å². The second-order valence-corrected chi connectivity index (χ2v) is 5.19. The van der Waals surface area contributed by atoms with Crippen LogP contribution >= 0.6 is 0 Å². The predicted molar refractivity (Wildman–Crippen MR) is 85.6 cm³/mol. The van der Waals surface area contributed by atoms with Crippen LogP contribution in [0.1, 0.15) is 20.3 Å². The monoisotopic (exact) mass is 294 g/mol. The molecule has 1 unspecified atom stereocenters. The molecule has 2 rings (SSSR count). The van der Waals surface area contributed by atoms with Crippen LogP contribution in [0.25, 0.3) is 0 Å². The maximum Gasteiger partial charge on any atom is 0.223 e. The SMILES string of the molecule is CCCNc1cc(NCC2CN(CC)CCO2)nc(N)n1. The van der Waals surface area contributed by atoms with E-state index in [1.165, 1.54) is 0 Å². The molecule has 0 amide bonds. The lowest BCUT2D eigenvalue weighted by molar-refractivity contribution is -0.0192. The van der Waals surface area contributed by atoms with Gasteiger partial charge < -0.3 is 21.1 Å². The molecule has 21 heavy (non-hydrogen) atoms. The molecule has 0 saturated carbocycles. The molecule has 1 aliphatic heterocycles. The standard InChI is InChI=1S/C14H26N6O/c1-3-5-16-12-8-13(19-14(15)18-12)17-9-11-10-20(4-2)6-7-21-11/h8,11H,3-7,9-10H2,1-2H3,(H4,15,16,17,18,19). The van der Waals surface area contributed by atoms with Crippen molar-refractivity contribution >= 4 is 17.6 Å². The number of nitrogens with one attached hydrogen (secondary N) is 2. The van der Waals surface area contributed by atoms with Crippen LogP contribution in [-0.4, -0.2) is 60.3 Å². The molecule has 1 aromatic heterocycles. The highest BCUT2D eigenvalue weighted by Gasteiger charge is 2.19. The largest absolute Gasteiger partial charge is 0.374 e. The smallest absolute Gasteiger partial charge is 0.223 e. The zero-order chi connectivity index (χ0) is 15.1. The molecule has 0 spiro atoms. The average molecular weight is 294 g/mol. The van der Waals surface area contributed by atoms with E-state index in [9.17, 15) is 0 Å². The summed E-state index contributed by atoms with van der Waals surface area (Å²) in [6.45, 7) is 9.68. The van der Waals surface area contributed by atoms with Crippen LogP contribution < -0.4 is 16.4 Å². The Kier molecular flexibility index (Phi) is 6.01. The van der Waals surface area contributed by atoms with Gasteiger partial charge in [-0.1, -0.05) is 13.8 Å². The Morgan fingerprint density at radius 3 is 2.81 bits per heavy atom. The summed E-state index contributed by atoms with van der Waals surface area (Å²) in [4.78, 5) is 10.8. The Morgan fingerprint density at radius 1 is 1.33 bits per heavy atom. The van der Waals surface area contributed by atoms with Crippen molar-refractivity contribution in [2.24, 2.45) is 0 Å². The van der Waals surface area contributed by atoms with E-state index in [-0.39, 0.29) is 12.1 Å². The molecular weight excluding hydrogens is 268 g/mol. The van der Waals surface area contributed by atoms with Gasteiger partial charge in [-0.15, -0.1) is 0 Å². The third kappa shape index (κ3) is 5.02. The summed E-state index contributed by atoms with van der Waals surface area (Å²) in [5.41, 5.74) is 5.74. The number of nitrogen functional groups attached to an aromatic ring is 1. The van der Waals surface area contributed by atoms with Crippen molar-refractivity contribution in [1.82, 2.24) is 14.9 Å². The second kappa shape index (κ2) is 7.99. The number of hydrogen-bond acceptors (Lipinski definition) is 7. The molecule has 118 valence electrons. The molecule has 1 fully saturated rings. The number of nitrogens with zero attached hydrogens (tertiary/aromatic N) is 3. The summed E-state index contributed by atoms with van der Waals surface area (Å²) in [5.74, 6) is 1.77. The van der Waals surface area contributed by atoms with Gasteiger partial charge in [0.05, 0.1) is 12.7 Å². The first-order valence-corrected chi connectivity index (χ1v) is 7.67. The minimum Gasteiger partial charge on any atom is -0.374 e. The Hall–Kier alpha value is -1.60. The number of hydrogen-bond donors (Lipinski definition) is 3. The first kappa shape index (κ1) is 15.8. The van der Waals surface area contributed by atoms with Gasteiger partial charge in [0.25, 0.3) is 0 Å². The molecule has 1 aromatic rings. The van der Waals surface area contributed by atoms with E-state index in [0.717, 1.165) is 57.4 Å². The number of ether oxygens (including phenoxy) is 1. The van der Waals surface area contributed by atoms with Crippen LogP contribution in [0.15, 0.2) is 6.07 Å². The zero-order valence-electron chi connectivity index (χ0n) is 12.9. The van der Waals surface area contributed by atoms with Crippen molar-refractivity contribution < 1.29 is 4.74 Å². The number of nitrogens with two attached hydrogens (primary N) is 1. The summed E-state index contributed by atoms with van der Waals surface area (Å²) in [6.07, 6.45) is 1.22. The minimum atomic E-state index is 0.182. The van der Waals surface area contributed by atoms with Gasteiger partial charge in [0, 0.05) is 32.2 Å². The highest BCUT2D eigenvalue weighted by molar-refractivity contribution is 5.51. The van der Waals surface area contributed by atoms with Crippen molar-refractivity contribution in [3.63, 3.8) is 0 Å². The molecule has 2 heterocycles. The Bertz CT molecular complexity index is 441. The fraction of sp³-hybridized carbons (Fsp3) is 0.714. The molecule has 1 atom stereocenters. The molecule has 1 aliphatic rings. The number of aromatic nitrogens is 2. The molecular formula is C14H26N6O. The topological polar surface area (TPSA) is 88.3 Å². The maximum absolute atomic E-state index is 5.76. The minimum absolute atomic E-state index is 0.182. The summed E-state index contributed by atoms with van der Waals surface area (Å²) in [5, 5.41) is 6.51. The Morgan fingerprint density at radius 2 is 2.10 bits per heavy atom. The number of rotatable bonds is 7. The van der Waals surface area contributed by atoms with E-state index in [0.29, 0.717) is 0 Å². The molecule has 0 aromatic carbocycles. The van der Waals surface area contributed by atoms with Gasteiger partial charge in [-0.2, -0.15) is 9.97 Å². The van der Waals surface area contributed by atoms with E-state index in [1.54, 1.807) is 0 Å². The van der Waals surface area contributed by atoms with E-state index >= 15 is 0 Å². The van der Waals surface area contributed by atoms with E-state index in [1.807, 2.05) is 6.07 Å². The van der Waals surface area contributed by atoms with Crippen LogP contribution in [0.5, 0.6) is 0 Å². The van der Waals surface area contributed by atoms with Gasteiger partial charge in [-0.05, 0) is 13.0 Å². The van der Waals surface area contributed by atoms with Crippen molar-refractivity contribution in [1.29, 1.82) is 0 Å². The van der Waals surface area contributed by atoms with Gasteiger partial charge in [0.15, 0.2) is 0 Å². The number of morpholine rings is 1. The van der Waals surface area contributed by atoms with Crippen LogP contribution in [0.4, 0.5) is 17.6 Å². The highest BCUT2D eigenvalue weighted by Crippen LogP contribution is 2.13. The summed E-state index contributed by atoms with van der Waals surface area (Å²) >= 11 is 0. The molecule has 1 saturated heterocycles. The van der Waals surface area contributed by atoms with Crippen molar-refractivity contribution in [3.05, 3.63) is 6.07 Å². The lowest BCUT2D eigenvalue weighted by atomic mass is 10.2. The van der Waals surface area contributed by atoms with Crippen LogP contribution in [-0.2, 0) is 4.74 Å². The Balaban J connectivity index is 1.88. The zero-order valence-corrected chi connectivity index (χ0v) is 12.9. The average Bonchev–Trinajstić information content (AvgIpc) is 2.50. The fourth-order valence-electron chi connectivity index (χ4n) is 2.31. The molecule has 0 aliphatic carbocycles.